The van der Waals surface area contributed by atoms with Gasteiger partial charge < -0.3 is 5.11 Å². The van der Waals surface area contributed by atoms with Gasteiger partial charge in [0, 0.05) is 0 Å². The summed E-state index contributed by atoms with van der Waals surface area (Å²) >= 11 is 0. The maximum Gasteiger partial charge on any atom is 0.104 e. The van der Waals surface area contributed by atoms with Gasteiger partial charge in [0.05, 0.1) is 0 Å². The van der Waals surface area contributed by atoms with Crippen molar-refractivity contribution >= 4 is 0 Å². The number of hydrogen-bond acceptors (Lipinski definition) is 1. The highest BCUT2D eigenvalue weighted by molar-refractivity contribution is 5.39. The van der Waals surface area contributed by atoms with Crippen LogP contribution >= 0.6 is 0 Å². The highest BCUT2D eigenvalue weighted by atomic mass is 16.3. The third kappa shape index (κ3) is 4.43. The molecule has 1 unspecified atom stereocenters. The Balaban J connectivity index is 5.07. The van der Waals surface area contributed by atoms with E-state index < -0.39 is 6.10 Å². The van der Waals surface area contributed by atoms with E-state index in [9.17, 15) is 5.11 Å². The molecular formula is C14H18O. The van der Waals surface area contributed by atoms with Crippen LogP contribution in [0.25, 0.3) is 0 Å². The fourth-order valence-corrected chi connectivity index (χ4v) is 1.17. The van der Waals surface area contributed by atoms with Crippen molar-refractivity contribution in [1.29, 1.82) is 0 Å². The third-order valence-corrected chi connectivity index (χ3v) is 1.85. The Kier molecular flexibility index (Phi) is 6.94. The van der Waals surface area contributed by atoms with E-state index in [-0.39, 0.29) is 0 Å². The Morgan fingerprint density at radius 2 is 1.60 bits per heavy atom. The van der Waals surface area contributed by atoms with Crippen molar-refractivity contribution < 1.29 is 5.11 Å². The van der Waals surface area contributed by atoms with Crippen LogP contribution in [0.15, 0.2) is 73.4 Å². The van der Waals surface area contributed by atoms with Crippen molar-refractivity contribution in [2.24, 2.45) is 0 Å². The molecule has 80 valence electrons. The summed E-state index contributed by atoms with van der Waals surface area (Å²) in [5, 5.41) is 10.0. The van der Waals surface area contributed by atoms with Crippen LogP contribution in [0.3, 0.4) is 0 Å². The molecule has 15 heavy (non-hydrogen) atoms. The largest absolute Gasteiger partial charge is 0.384 e. The van der Waals surface area contributed by atoms with E-state index in [0.717, 1.165) is 11.1 Å². The highest BCUT2D eigenvalue weighted by Gasteiger charge is 2.09. The summed E-state index contributed by atoms with van der Waals surface area (Å²) in [5.74, 6) is 0. The summed E-state index contributed by atoms with van der Waals surface area (Å²) in [4.78, 5) is 0. The molecule has 0 aliphatic rings. The lowest BCUT2D eigenvalue weighted by Crippen LogP contribution is -2.10. The molecular weight excluding hydrogens is 184 g/mol. The second-order valence-electron chi connectivity index (χ2n) is 2.91. The van der Waals surface area contributed by atoms with Gasteiger partial charge in [0.2, 0.25) is 0 Å². The van der Waals surface area contributed by atoms with Crippen molar-refractivity contribution in [3.63, 3.8) is 0 Å². The zero-order chi connectivity index (χ0) is 11.7. The van der Waals surface area contributed by atoms with Gasteiger partial charge >= 0.3 is 0 Å². The van der Waals surface area contributed by atoms with Crippen molar-refractivity contribution in [3.05, 3.63) is 73.4 Å². The molecule has 0 saturated carbocycles. The normalized spacial score (nSPS) is 15.1. The molecule has 1 atom stereocenters. The van der Waals surface area contributed by atoms with E-state index in [0.29, 0.717) is 0 Å². The summed E-state index contributed by atoms with van der Waals surface area (Å²) in [6.07, 6.45) is 11.4. The Bertz CT molecular complexity index is 316. The lowest BCUT2D eigenvalue weighted by molar-refractivity contribution is 0.254. The molecule has 0 aromatic carbocycles. The van der Waals surface area contributed by atoms with Crippen LogP contribution in [0.2, 0.25) is 0 Å². The zero-order valence-electron chi connectivity index (χ0n) is 9.19. The van der Waals surface area contributed by atoms with Crippen molar-refractivity contribution in [2.45, 2.75) is 13.0 Å². The van der Waals surface area contributed by atoms with E-state index >= 15 is 0 Å². The summed E-state index contributed by atoms with van der Waals surface area (Å²) in [5.41, 5.74) is 1.50. The molecule has 0 saturated heterocycles. The van der Waals surface area contributed by atoms with Gasteiger partial charge in [0.1, 0.15) is 6.10 Å². The van der Waals surface area contributed by atoms with Gasteiger partial charge in [-0.2, -0.15) is 0 Å². The van der Waals surface area contributed by atoms with Gasteiger partial charge in [-0.05, 0) is 18.1 Å². The first-order valence-corrected chi connectivity index (χ1v) is 4.79. The summed E-state index contributed by atoms with van der Waals surface area (Å²) in [6.45, 7) is 12.7. The molecule has 0 radical (unpaired) electrons. The molecule has 1 N–H and O–H groups in total. The molecule has 1 heteroatoms. The van der Waals surface area contributed by atoms with Gasteiger partial charge in [0.15, 0.2) is 0 Å². The monoisotopic (exact) mass is 202 g/mol. The topological polar surface area (TPSA) is 20.2 Å². The molecule has 0 rings (SSSR count). The lowest BCUT2D eigenvalue weighted by atomic mass is 10.0. The standard InChI is InChI=1S/C14H18O/c1-5-9-12(8-4)14(15)13(10-6-2)11-7-3/h5-11,14-15H,1-2,4H2,3H3/b11-7-,12-9+,13-10+. The highest BCUT2D eigenvalue weighted by Crippen LogP contribution is 2.15. The van der Waals surface area contributed by atoms with Gasteiger partial charge in [0.25, 0.3) is 0 Å². The van der Waals surface area contributed by atoms with Gasteiger partial charge in [-0.15, -0.1) is 0 Å². The molecule has 0 aliphatic heterocycles. The quantitative estimate of drug-likeness (QED) is 0.655. The molecule has 0 aromatic rings. The average Bonchev–Trinajstić information content (AvgIpc) is 2.24. The predicted octanol–water partition coefficient (Wildman–Crippen LogP) is 3.33. The Hall–Kier alpha value is -1.60. The fraction of sp³-hybridized carbons (Fsp3) is 0.143. The maximum absolute atomic E-state index is 10.0. The van der Waals surface area contributed by atoms with E-state index in [2.05, 4.69) is 19.7 Å². The Morgan fingerprint density at radius 3 is 2.00 bits per heavy atom. The smallest absolute Gasteiger partial charge is 0.104 e. The molecule has 1 nitrogen and oxygen atoms in total. The number of aliphatic hydroxyl groups is 1. The fourth-order valence-electron chi connectivity index (χ4n) is 1.17. The first-order valence-electron chi connectivity index (χ1n) is 4.79. The molecule has 0 spiro atoms. The number of allylic oxidation sites excluding steroid dienone is 5. The molecule has 0 heterocycles. The van der Waals surface area contributed by atoms with E-state index in [1.807, 2.05) is 19.1 Å². The third-order valence-electron chi connectivity index (χ3n) is 1.85. The second-order valence-corrected chi connectivity index (χ2v) is 2.91. The number of rotatable bonds is 6. The SMILES string of the molecule is C=C/C=C(\C=C)C(O)C(/C=C\C)=C/C=C. The molecule has 0 fully saturated rings. The van der Waals surface area contributed by atoms with Crippen LogP contribution in [-0.4, -0.2) is 11.2 Å². The Morgan fingerprint density at radius 1 is 1.07 bits per heavy atom. The molecule has 0 bridgehead atoms. The molecule has 0 amide bonds. The van der Waals surface area contributed by atoms with Crippen LogP contribution in [0.5, 0.6) is 0 Å². The molecule has 0 aliphatic carbocycles. The first-order chi connectivity index (χ1) is 7.21. The van der Waals surface area contributed by atoms with Crippen LogP contribution in [0.4, 0.5) is 0 Å². The zero-order valence-corrected chi connectivity index (χ0v) is 9.19. The number of hydrogen-bond donors (Lipinski definition) is 1. The van der Waals surface area contributed by atoms with Crippen LogP contribution < -0.4 is 0 Å². The van der Waals surface area contributed by atoms with Crippen LogP contribution in [0.1, 0.15) is 6.92 Å². The van der Waals surface area contributed by atoms with Crippen LogP contribution in [0, 0.1) is 0 Å². The van der Waals surface area contributed by atoms with Crippen molar-refractivity contribution in [3.8, 4) is 0 Å². The van der Waals surface area contributed by atoms with Crippen molar-refractivity contribution in [2.75, 3.05) is 0 Å². The Labute approximate surface area is 92.1 Å². The average molecular weight is 202 g/mol. The van der Waals surface area contributed by atoms with Crippen molar-refractivity contribution in [1.82, 2.24) is 0 Å². The minimum Gasteiger partial charge on any atom is -0.384 e. The predicted molar refractivity (Wildman–Crippen MR) is 67.6 cm³/mol. The minimum atomic E-state index is -0.685. The van der Waals surface area contributed by atoms with Gasteiger partial charge in [-0.25, -0.2) is 0 Å². The summed E-state index contributed by atoms with van der Waals surface area (Å²) < 4.78 is 0. The van der Waals surface area contributed by atoms with Gasteiger partial charge in [-0.1, -0.05) is 62.3 Å². The minimum absolute atomic E-state index is 0.685. The van der Waals surface area contributed by atoms with E-state index in [1.165, 1.54) is 0 Å². The van der Waals surface area contributed by atoms with E-state index in [4.69, 9.17) is 0 Å². The van der Waals surface area contributed by atoms with E-state index in [1.54, 1.807) is 30.4 Å². The molecule has 0 aromatic heterocycles. The summed E-state index contributed by atoms with van der Waals surface area (Å²) in [7, 11) is 0. The maximum atomic E-state index is 10.0. The van der Waals surface area contributed by atoms with Gasteiger partial charge in [-0.3, -0.25) is 0 Å². The first kappa shape index (κ1) is 13.4. The number of aliphatic hydroxyl groups excluding tert-OH is 1. The second kappa shape index (κ2) is 7.77. The summed E-state index contributed by atoms with van der Waals surface area (Å²) in [6, 6.07) is 0. The van der Waals surface area contributed by atoms with Crippen LogP contribution in [-0.2, 0) is 0 Å². The lowest BCUT2D eigenvalue weighted by Gasteiger charge is -2.12.